The first-order valence-electron chi connectivity index (χ1n) is 4.04. The lowest BCUT2D eigenvalue weighted by atomic mass is 10.3. The third-order valence-electron chi connectivity index (χ3n) is 1.31. The molecule has 0 aliphatic heterocycles. The van der Waals surface area contributed by atoms with E-state index in [9.17, 15) is 4.79 Å². The standard InChI is InChI=1S/C8H17NOS/c1-8(10)4-2-6-11-7-3-5-9/h2-7,9H2,1H3. The summed E-state index contributed by atoms with van der Waals surface area (Å²) in [5.41, 5.74) is 5.32. The van der Waals surface area contributed by atoms with Crippen molar-refractivity contribution in [1.82, 2.24) is 0 Å². The van der Waals surface area contributed by atoms with E-state index in [2.05, 4.69) is 0 Å². The van der Waals surface area contributed by atoms with E-state index in [0.29, 0.717) is 5.78 Å². The molecule has 0 aliphatic carbocycles. The molecule has 11 heavy (non-hydrogen) atoms. The van der Waals surface area contributed by atoms with E-state index in [0.717, 1.165) is 37.3 Å². The number of thioether (sulfide) groups is 1. The summed E-state index contributed by atoms with van der Waals surface area (Å²) in [6.07, 6.45) is 2.84. The van der Waals surface area contributed by atoms with Gasteiger partial charge in [0.1, 0.15) is 5.78 Å². The van der Waals surface area contributed by atoms with Gasteiger partial charge in [-0.25, -0.2) is 0 Å². The molecule has 2 N–H and O–H groups in total. The first-order chi connectivity index (χ1) is 5.27. The molecule has 0 rings (SSSR count). The van der Waals surface area contributed by atoms with Crippen LogP contribution in [0.15, 0.2) is 0 Å². The highest BCUT2D eigenvalue weighted by molar-refractivity contribution is 7.99. The number of Topliss-reactive ketones (excluding diaryl/α,β-unsaturated/α-hetero) is 1. The van der Waals surface area contributed by atoms with Crippen molar-refractivity contribution in [2.24, 2.45) is 5.73 Å². The number of rotatable bonds is 7. The summed E-state index contributed by atoms with van der Waals surface area (Å²) in [5, 5.41) is 0. The number of hydrogen-bond acceptors (Lipinski definition) is 3. The molecule has 0 heterocycles. The Hall–Kier alpha value is -0.0200. The topological polar surface area (TPSA) is 43.1 Å². The Kier molecular flexibility index (Phi) is 8.07. The quantitative estimate of drug-likeness (QED) is 0.595. The average Bonchev–Trinajstić information content (AvgIpc) is 1.96. The minimum atomic E-state index is 0.296. The van der Waals surface area contributed by atoms with Gasteiger partial charge in [0.2, 0.25) is 0 Å². The maximum absolute atomic E-state index is 10.5. The fourth-order valence-electron chi connectivity index (χ4n) is 0.711. The second kappa shape index (κ2) is 8.08. The first kappa shape index (κ1) is 11.0. The van der Waals surface area contributed by atoms with Gasteiger partial charge < -0.3 is 10.5 Å². The molecule has 0 saturated heterocycles. The van der Waals surface area contributed by atoms with E-state index in [4.69, 9.17) is 5.73 Å². The van der Waals surface area contributed by atoms with Crippen molar-refractivity contribution < 1.29 is 4.79 Å². The van der Waals surface area contributed by atoms with E-state index in [1.165, 1.54) is 0 Å². The molecule has 0 atom stereocenters. The Morgan fingerprint density at radius 1 is 1.36 bits per heavy atom. The largest absolute Gasteiger partial charge is 0.330 e. The second-order valence-corrected chi connectivity index (χ2v) is 3.78. The lowest BCUT2D eigenvalue weighted by Gasteiger charge is -1.97. The summed E-state index contributed by atoms with van der Waals surface area (Å²) in [5.74, 6) is 2.53. The SMILES string of the molecule is CC(=O)CCCSCCCN. The van der Waals surface area contributed by atoms with Crippen molar-refractivity contribution in [1.29, 1.82) is 0 Å². The average molecular weight is 175 g/mol. The van der Waals surface area contributed by atoms with Gasteiger partial charge in [-0.3, -0.25) is 0 Å². The van der Waals surface area contributed by atoms with E-state index in [1.54, 1.807) is 6.92 Å². The fraction of sp³-hybridized carbons (Fsp3) is 0.875. The molecule has 0 saturated carbocycles. The second-order valence-electron chi connectivity index (χ2n) is 2.56. The molecule has 0 aromatic heterocycles. The van der Waals surface area contributed by atoms with Crippen LogP contribution < -0.4 is 5.73 Å². The van der Waals surface area contributed by atoms with Crippen molar-refractivity contribution in [3.05, 3.63) is 0 Å². The summed E-state index contributed by atoms with van der Waals surface area (Å²) in [7, 11) is 0. The van der Waals surface area contributed by atoms with Crippen molar-refractivity contribution in [3.63, 3.8) is 0 Å². The maximum Gasteiger partial charge on any atom is 0.129 e. The molecular weight excluding hydrogens is 158 g/mol. The van der Waals surface area contributed by atoms with Crippen LogP contribution in [0.2, 0.25) is 0 Å². The molecule has 0 amide bonds. The van der Waals surface area contributed by atoms with Crippen LogP contribution in [-0.2, 0) is 4.79 Å². The Labute approximate surface area is 72.9 Å². The number of carbonyl (C=O) groups excluding carboxylic acids is 1. The van der Waals surface area contributed by atoms with Gasteiger partial charge in [-0.2, -0.15) is 11.8 Å². The zero-order valence-corrected chi connectivity index (χ0v) is 7.95. The fourth-order valence-corrected chi connectivity index (χ4v) is 1.63. The predicted octanol–water partition coefficient (Wildman–Crippen LogP) is 1.44. The molecule has 0 fully saturated rings. The van der Waals surface area contributed by atoms with E-state index >= 15 is 0 Å². The van der Waals surface area contributed by atoms with Crippen LogP contribution in [0.1, 0.15) is 26.2 Å². The van der Waals surface area contributed by atoms with Crippen LogP contribution in [0.25, 0.3) is 0 Å². The zero-order valence-electron chi connectivity index (χ0n) is 7.14. The molecule has 0 radical (unpaired) electrons. The Balaban J connectivity index is 2.85. The zero-order chi connectivity index (χ0) is 8.53. The lowest BCUT2D eigenvalue weighted by molar-refractivity contribution is -0.117. The van der Waals surface area contributed by atoms with Gasteiger partial charge >= 0.3 is 0 Å². The number of hydrogen-bond donors (Lipinski definition) is 1. The van der Waals surface area contributed by atoms with Crippen LogP contribution in [0.5, 0.6) is 0 Å². The van der Waals surface area contributed by atoms with Crippen molar-refractivity contribution >= 4 is 17.5 Å². The summed E-state index contributed by atoms with van der Waals surface area (Å²) in [6.45, 7) is 2.42. The molecule has 0 spiro atoms. The Morgan fingerprint density at radius 3 is 2.55 bits per heavy atom. The van der Waals surface area contributed by atoms with Gasteiger partial charge in [-0.05, 0) is 37.8 Å². The third-order valence-corrected chi connectivity index (χ3v) is 2.47. The minimum Gasteiger partial charge on any atom is -0.330 e. The highest BCUT2D eigenvalue weighted by Crippen LogP contribution is 2.05. The van der Waals surface area contributed by atoms with Crippen molar-refractivity contribution in [2.75, 3.05) is 18.1 Å². The van der Waals surface area contributed by atoms with Gasteiger partial charge in [0, 0.05) is 6.42 Å². The molecule has 0 unspecified atom stereocenters. The summed E-state index contributed by atoms with van der Waals surface area (Å²) in [6, 6.07) is 0. The number of nitrogens with two attached hydrogens (primary N) is 1. The van der Waals surface area contributed by atoms with Gasteiger partial charge in [-0.1, -0.05) is 0 Å². The van der Waals surface area contributed by atoms with Crippen LogP contribution in [0.3, 0.4) is 0 Å². The van der Waals surface area contributed by atoms with Gasteiger partial charge in [0.25, 0.3) is 0 Å². The molecule has 0 bridgehead atoms. The highest BCUT2D eigenvalue weighted by Gasteiger charge is 1.93. The van der Waals surface area contributed by atoms with E-state index < -0.39 is 0 Å². The molecule has 2 nitrogen and oxygen atoms in total. The van der Waals surface area contributed by atoms with Gasteiger partial charge in [0.05, 0.1) is 0 Å². The smallest absolute Gasteiger partial charge is 0.129 e. The third kappa shape index (κ3) is 9.98. The summed E-state index contributed by atoms with van der Waals surface area (Å²) in [4.78, 5) is 10.5. The van der Waals surface area contributed by atoms with Crippen LogP contribution >= 0.6 is 11.8 Å². The van der Waals surface area contributed by atoms with Crippen molar-refractivity contribution in [3.8, 4) is 0 Å². The van der Waals surface area contributed by atoms with E-state index in [-0.39, 0.29) is 0 Å². The number of ketones is 1. The van der Waals surface area contributed by atoms with Crippen LogP contribution in [-0.4, -0.2) is 23.8 Å². The van der Waals surface area contributed by atoms with Crippen LogP contribution in [0.4, 0.5) is 0 Å². The lowest BCUT2D eigenvalue weighted by Crippen LogP contribution is -2.00. The maximum atomic E-state index is 10.5. The Morgan fingerprint density at radius 2 is 2.00 bits per heavy atom. The monoisotopic (exact) mass is 175 g/mol. The first-order valence-corrected chi connectivity index (χ1v) is 5.20. The molecule has 0 aromatic rings. The molecular formula is C8H17NOS. The highest BCUT2D eigenvalue weighted by atomic mass is 32.2. The van der Waals surface area contributed by atoms with Gasteiger partial charge in [-0.15, -0.1) is 0 Å². The molecule has 66 valence electrons. The van der Waals surface area contributed by atoms with E-state index in [1.807, 2.05) is 11.8 Å². The summed E-state index contributed by atoms with van der Waals surface area (Å²) < 4.78 is 0. The van der Waals surface area contributed by atoms with Gasteiger partial charge in [0.15, 0.2) is 0 Å². The molecule has 0 aliphatic rings. The minimum absolute atomic E-state index is 0.296. The molecule has 0 aromatic carbocycles. The molecule has 3 heteroatoms. The predicted molar refractivity (Wildman–Crippen MR) is 50.9 cm³/mol. The normalized spacial score (nSPS) is 10.0. The number of carbonyl (C=O) groups is 1. The van der Waals surface area contributed by atoms with Crippen molar-refractivity contribution in [2.45, 2.75) is 26.2 Å². The Bertz CT molecular complexity index is 106. The summed E-state index contributed by atoms with van der Waals surface area (Å²) >= 11 is 1.89. The van der Waals surface area contributed by atoms with Crippen LogP contribution in [0, 0.1) is 0 Å².